The Kier molecular flexibility index (Phi) is 7.72. The molecule has 3 N–H and O–H groups in total. The van der Waals surface area contributed by atoms with Crippen LogP contribution in [0.1, 0.15) is 74.1 Å². The van der Waals surface area contributed by atoms with Gasteiger partial charge in [0.05, 0.1) is 38.3 Å². The Morgan fingerprint density at radius 2 is 1.94 bits per heavy atom. The number of hydrogen-bond acceptors (Lipinski definition) is 12. The lowest BCUT2D eigenvalue weighted by Crippen LogP contribution is -2.17. The second-order valence-electron chi connectivity index (χ2n) is 13.2. The molecule has 47 heavy (non-hydrogen) atoms. The quantitative estimate of drug-likeness (QED) is 0.189. The minimum absolute atomic E-state index is 0.0171. The summed E-state index contributed by atoms with van der Waals surface area (Å²) in [5.41, 5.74) is 10.8. The van der Waals surface area contributed by atoms with E-state index >= 15 is 0 Å². The normalized spacial score (nSPS) is 20.6. The maximum absolute atomic E-state index is 14.1. The predicted octanol–water partition coefficient (Wildman–Crippen LogP) is 6.37. The minimum Gasteiger partial charge on any atom is -0.403 e. The van der Waals surface area contributed by atoms with Crippen LogP contribution in [0, 0.1) is 11.8 Å². The highest BCUT2D eigenvalue weighted by Gasteiger charge is 2.43. The van der Waals surface area contributed by atoms with Crippen molar-refractivity contribution in [2.45, 2.75) is 69.2 Å². The maximum atomic E-state index is 14.1. The fourth-order valence-electron chi connectivity index (χ4n) is 7.39. The molecule has 5 aromatic heterocycles. The van der Waals surface area contributed by atoms with Crippen molar-refractivity contribution in [2.24, 2.45) is 11.8 Å². The molecular weight excluding hydrogens is 635 g/mol. The molecule has 0 saturated carbocycles. The first-order valence-corrected chi connectivity index (χ1v) is 18.8. The van der Waals surface area contributed by atoms with Crippen LogP contribution in [0.25, 0.3) is 32.0 Å². The van der Waals surface area contributed by atoms with Crippen LogP contribution in [0.3, 0.4) is 0 Å². The van der Waals surface area contributed by atoms with Gasteiger partial charge in [-0.3, -0.25) is 9.97 Å². The smallest absolute Gasteiger partial charge is 0.313 e. The van der Waals surface area contributed by atoms with E-state index in [1.54, 1.807) is 6.20 Å². The van der Waals surface area contributed by atoms with Gasteiger partial charge in [-0.25, -0.2) is 13.4 Å². The molecule has 1 aliphatic carbocycles. The second-order valence-corrected chi connectivity index (χ2v) is 16.2. The molecule has 0 bridgehead atoms. The van der Waals surface area contributed by atoms with Crippen molar-refractivity contribution in [1.29, 1.82) is 0 Å². The number of fused-ring (bicyclic) bond motifs is 3. The van der Waals surface area contributed by atoms with Crippen LogP contribution < -0.4 is 11.1 Å². The molecule has 0 radical (unpaired) electrons. The lowest BCUT2D eigenvalue weighted by atomic mass is 9.89. The monoisotopic (exact) mass is 671 g/mol. The van der Waals surface area contributed by atoms with Crippen molar-refractivity contribution < 1.29 is 17.6 Å². The minimum atomic E-state index is -3.69. The first-order valence-electron chi connectivity index (χ1n) is 16.3. The number of rotatable bonds is 8. The number of pyridine rings is 3. The molecular formula is C34H37N7O4S2. The van der Waals surface area contributed by atoms with E-state index in [1.807, 2.05) is 18.3 Å². The van der Waals surface area contributed by atoms with E-state index in [-0.39, 0.29) is 40.4 Å². The number of nitrogens with one attached hydrogen (secondary N) is 1. The molecule has 13 heteroatoms. The van der Waals surface area contributed by atoms with Gasteiger partial charge < -0.3 is 20.2 Å². The molecule has 1 fully saturated rings. The van der Waals surface area contributed by atoms with Gasteiger partial charge in [-0.1, -0.05) is 25.0 Å². The number of sulfone groups is 1. The van der Waals surface area contributed by atoms with Crippen LogP contribution in [0.4, 0.5) is 11.8 Å². The Morgan fingerprint density at radius 3 is 2.72 bits per heavy atom. The number of ether oxygens (including phenoxy) is 1. The van der Waals surface area contributed by atoms with Crippen LogP contribution in [-0.2, 0) is 27.4 Å². The van der Waals surface area contributed by atoms with E-state index < -0.39 is 9.84 Å². The van der Waals surface area contributed by atoms with Crippen molar-refractivity contribution in [3.8, 4) is 21.9 Å². The number of nitrogens with two attached hydrogens (primary N) is 1. The Morgan fingerprint density at radius 1 is 1.09 bits per heavy atom. The summed E-state index contributed by atoms with van der Waals surface area (Å²) in [5, 5.41) is 12.9. The zero-order valence-electron chi connectivity index (χ0n) is 26.4. The van der Waals surface area contributed by atoms with E-state index in [0.29, 0.717) is 29.2 Å². The standard InChI is InChI=1S/C34H37N7O4S2/c1-18(2)22-17-47(42,43)31-28(27(33-40-41-34(35)45-33)25(38-29(22)31)6-5-19-10-14-44-15-11-19)26-16-20-9-13-37-32(30(20)46-26)39-24-8-7-23-21(24)4-3-12-36-23/h3-4,9,12-13,16,18-19,22,24H,5-8,10-11,14-15,17H2,1-2H3,(H2,35,41)(H,37,39)/t22-,24+/m1/s1. The Hall–Kier alpha value is -3.94. The van der Waals surface area contributed by atoms with Crippen LogP contribution in [0.2, 0.25) is 0 Å². The van der Waals surface area contributed by atoms with Crippen molar-refractivity contribution >= 4 is 43.1 Å². The number of hydrogen-bond donors (Lipinski definition) is 2. The number of aryl methyl sites for hydroxylation is 2. The summed E-state index contributed by atoms with van der Waals surface area (Å²) in [7, 11) is -3.69. The van der Waals surface area contributed by atoms with Crippen LogP contribution in [-0.4, -0.2) is 52.5 Å². The molecule has 2 aliphatic heterocycles. The first kappa shape index (κ1) is 30.4. The first-order chi connectivity index (χ1) is 22.8. The van der Waals surface area contributed by atoms with Gasteiger partial charge in [0, 0.05) is 47.7 Å². The summed E-state index contributed by atoms with van der Waals surface area (Å²) in [5.74, 6) is 1.32. The molecule has 5 aromatic rings. The van der Waals surface area contributed by atoms with Crippen LogP contribution in [0.15, 0.2) is 46.0 Å². The zero-order valence-corrected chi connectivity index (χ0v) is 28.0. The number of nitrogens with zero attached hydrogens (tertiary/aromatic N) is 5. The maximum Gasteiger partial charge on any atom is 0.313 e. The summed E-state index contributed by atoms with van der Waals surface area (Å²) >= 11 is 1.52. The highest BCUT2D eigenvalue weighted by molar-refractivity contribution is 7.92. The predicted molar refractivity (Wildman–Crippen MR) is 181 cm³/mol. The molecule has 2 atom stereocenters. The van der Waals surface area contributed by atoms with Crippen molar-refractivity contribution in [3.05, 3.63) is 59.3 Å². The van der Waals surface area contributed by atoms with Gasteiger partial charge >= 0.3 is 6.01 Å². The summed E-state index contributed by atoms with van der Waals surface area (Å²) in [4.78, 5) is 15.5. The molecule has 3 aliphatic rings. The molecule has 244 valence electrons. The zero-order chi connectivity index (χ0) is 32.3. The van der Waals surface area contributed by atoms with Gasteiger partial charge in [-0.15, -0.1) is 16.4 Å². The van der Waals surface area contributed by atoms with Crippen LogP contribution >= 0.6 is 11.3 Å². The SMILES string of the molecule is CC(C)[C@H]1CS(=O)(=O)c2c1nc(CCC1CCOCC1)c(-c1nnc(N)o1)c2-c1cc2ccnc(N[C@H]3CCc4ncccc43)c2s1. The van der Waals surface area contributed by atoms with Gasteiger partial charge in [0.2, 0.25) is 0 Å². The molecule has 7 heterocycles. The van der Waals surface area contributed by atoms with Crippen molar-refractivity contribution in [1.82, 2.24) is 25.1 Å². The molecule has 0 unspecified atom stereocenters. The summed E-state index contributed by atoms with van der Waals surface area (Å²) in [6, 6.07) is 8.12. The highest BCUT2D eigenvalue weighted by Crippen LogP contribution is 2.51. The van der Waals surface area contributed by atoms with Crippen LogP contribution in [0.5, 0.6) is 0 Å². The van der Waals surface area contributed by atoms with Gasteiger partial charge in [0.1, 0.15) is 5.82 Å². The largest absolute Gasteiger partial charge is 0.403 e. The van der Waals surface area contributed by atoms with E-state index in [2.05, 4.69) is 46.5 Å². The number of aromatic nitrogens is 5. The van der Waals surface area contributed by atoms with Crippen molar-refractivity contribution in [3.63, 3.8) is 0 Å². The van der Waals surface area contributed by atoms with Gasteiger partial charge in [0.25, 0.3) is 5.89 Å². The van der Waals surface area contributed by atoms with Gasteiger partial charge in [-0.05, 0) is 79.5 Å². The third-order valence-electron chi connectivity index (χ3n) is 9.87. The highest BCUT2D eigenvalue weighted by atomic mass is 32.2. The van der Waals surface area contributed by atoms with Gasteiger partial charge in [-0.2, -0.15) is 0 Å². The third-order valence-corrected chi connectivity index (χ3v) is 12.9. The molecule has 11 nitrogen and oxygen atoms in total. The van der Waals surface area contributed by atoms with E-state index in [4.69, 9.17) is 24.9 Å². The lowest BCUT2D eigenvalue weighted by Gasteiger charge is -2.23. The molecule has 0 spiro atoms. The number of thiophene rings is 1. The number of anilines is 2. The Bertz CT molecular complexity index is 2090. The summed E-state index contributed by atoms with van der Waals surface area (Å²) < 4.78 is 40.7. The lowest BCUT2D eigenvalue weighted by molar-refractivity contribution is 0.0639. The second kappa shape index (κ2) is 11.9. The Labute approximate surface area is 277 Å². The number of nitrogen functional groups attached to an aromatic ring is 1. The topological polar surface area (TPSA) is 159 Å². The fourth-order valence-corrected chi connectivity index (χ4v) is 10.8. The van der Waals surface area contributed by atoms with Crippen molar-refractivity contribution in [2.75, 3.05) is 30.0 Å². The molecule has 8 rings (SSSR count). The fraction of sp³-hybridized carbons (Fsp3) is 0.441. The summed E-state index contributed by atoms with van der Waals surface area (Å²) in [6.07, 6.45) is 8.98. The van der Waals surface area contributed by atoms with E-state index in [1.165, 1.54) is 16.9 Å². The molecule has 0 amide bonds. The van der Waals surface area contributed by atoms with E-state index in [9.17, 15) is 8.42 Å². The molecule has 1 saturated heterocycles. The summed E-state index contributed by atoms with van der Waals surface area (Å²) in [6.45, 7) is 5.63. The van der Waals surface area contributed by atoms with Gasteiger partial charge in [0.15, 0.2) is 9.84 Å². The molecule has 0 aromatic carbocycles. The average Bonchev–Trinajstić information content (AvgIpc) is 3.85. The third kappa shape index (κ3) is 5.47. The van der Waals surface area contributed by atoms with E-state index in [0.717, 1.165) is 77.5 Å². The average molecular weight is 672 g/mol. The Balaban J connectivity index is 1.31.